The van der Waals surface area contributed by atoms with Crippen molar-refractivity contribution < 1.29 is 4.74 Å². The molecular formula is C11H16BrClN2O. The van der Waals surface area contributed by atoms with Crippen molar-refractivity contribution in [1.82, 2.24) is 9.97 Å². The van der Waals surface area contributed by atoms with Crippen LogP contribution in [0.2, 0.25) is 5.15 Å². The van der Waals surface area contributed by atoms with Gasteiger partial charge in [-0.15, -0.1) is 0 Å². The Morgan fingerprint density at radius 2 is 1.94 bits per heavy atom. The van der Waals surface area contributed by atoms with E-state index in [9.17, 15) is 0 Å². The standard InChI is InChI=1S/C11H16BrClN2O/c1-6(2)5-8-9(12)10(13)15-11(14-8)7(3)16-4/h6-7H,5H2,1-4H3. The predicted octanol–water partition coefficient (Wildman–Crippen LogP) is 3.80. The van der Waals surface area contributed by atoms with Crippen LogP contribution in [0.4, 0.5) is 0 Å². The van der Waals surface area contributed by atoms with E-state index in [0.717, 1.165) is 16.6 Å². The zero-order valence-electron chi connectivity index (χ0n) is 9.92. The van der Waals surface area contributed by atoms with Crippen LogP contribution in [-0.4, -0.2) is 17.1 Å². The van der Waals surface area contributed by atoms with E-state index in [0.29, 0.717) is 16.9 Å². The summed E-state index contributed by atoms with van der Waals surface area (Å²) in [5.41, 5.74) is 0.939. The average molecular weight is 308 g/mol. The Labute approximate surface area is 110 Å². The maximum absolute atomic E-state index is 6.05. The molecule has 0 aromatic carbocycles. The molecule has 5 heteroatoms. The fraction of sp³-hybridized carbons (Fsp3) is 0.636. The average Bonchev–Trinajstić information content (AvgIpc) is 2.22. The van der Waals surface area contributed by atoms with Crippen LogP contribution in [0.1, 0.15) is 38.4 Å². The zero-order valence-corrected chi connectivity index (χ0v) is 12.3. The first-order valence-electron chi connectivity index (χ1n) is 5.20. The lowest BCUT2D eigenvalue weighted by Gasteiger charge is -2.13. The van der Waals surface area contributed by atoms with Gasteiger partial charge in [-0.3, -0.25) is 0 Å². The molecule has 1 aromatic rings. The summed E-state index contributed by atoms with van der Waals surface area (Å²) in [6.45, 7) is 6.18. The molecule has 0 fully saturated rings. The van der Waals surface area contributed by atoms with Gasteiger partial charge in [0.2, 0.25) is 0 Å². The molecule has 1 unspecified atom stereocenters. The van der Waals surface area contributed by atoms with Gasteiger partial charge in [0.1, 0.15) is 11.3 Å². The zero-order chi connectivity index (χ0) is 12.3. The molecule has 0 spiro atoms. The highest BCUT2D eigenvalue weighted by Gasteiger charge is 2.15. The summed E-state index contributed by atoms with van der Waals surface area (Å²) in [7, 11) is 1.63. The predicted molar refractivity (Wildman–Crippen MR) is 68.7 cm³/mol. The largest absolute Gasteiger partial charge is 0.374 e. The lowest BCUT2D eigenvalue weighted by atomic mass is 10.1. The van der Waals surface area contributed by atoms with Gasteiger partial charge >= 0.3 is 0 Å². The maximum atomic E-state index is 6.05. The number of hydrogen-bond acceptors (Lipinski definition) is 3. The van der Waals surface area contributed by atoms with Gasteiger partial charge in [-0.05, 0) is 35.2 Å². The van der Waals surface area contributed by atoms with Gasteiger partial charge in [0.05, 0.1) is 10.2 Å². The van der Waals surface area contributed by atoms with E-state index in [-0.39, 0.29) is 6.10 Å². The van der Waals surface area contributed by atoms with E-state index in [1.54, 1.807) is 7.11 Å². The molecular weight excluding hydrogens is 291 g/mol. The Bertz CT molecular complexity index is 371. The minimum Gasteiger partial charge on any atom is -0.374 e. The number of ether oxygens (including phenoxy) is 1. The van der Waals surface area contributed by atoms with E-state index in [1.807, 2.05) is 6.92 Å². The molecule has 0 aliphatic heterocycles. The van der Waals surface area contributed by atoms with E-state index in [4.69, 9.17) is 16.3 Å². The van der Waals surface area contributed by atoms with Gasteiger partial charge in [-0.2, -0.15) is 0 Å². The second kappa shape index (κ2) is 5.94. The first-order valence-corrected chi connectivity index (χ1v) is 6.37. The van der Waals surface area contributed by atoms with Gasteiger partial charge in [0.25, 0.3) is 0 Å². The molecule has 1 aromatic heterocycles. The van der Waals surface area contributed by atoms with Crippen LogP contribution in [0, 0.1) is 5.92 Å². The van der Waals surface area contributed by atoms with Crippen LogP contribution in [-0.2, 0) is 11.2 Å². The molecule has 0 bridgehead atoms. The molecule has 0 saturated carbocycles. The maximum Gasteiger partial charge on any atom is 0.158 e. The molecule has 0 radical (unpaired) electrons. The van der Waals surface area contributed by atoms with Gasteiger partial charge in [-0.1, -0.05) is 25.4 Å². The number of hydrogen-bond donors (Lipinski definition) is 0. The smallest absolute Gasteiger partial charge is 0.158 e. The molecule has 1 rings (SSSR count). The molecule has 3 nitrogen and oxygen atoms in total. The van der Waals surface area contributed by atoms with Crippen molar-refractivity contribution in [2.45, 2.75) is 33.3 Å². The molecule has 90 valence electrons. The topological polar surface area (TPSA) is 35.0 Å². The third kappa shape index (κ3) is 3.40. The Kier molecular flexibility index (Phi) is 5.15. The summed E-state index contributed by atoms with van der Waals surface area (Å²) in [6, 6.07) is 0. The van der Waals surface area contributed by atoms with Crippen LogP contribution < -0.4 is 0 Å². The van der Waals surface area contributed by atoms with Crippen LogP contribution in [0.15, 0.2) is 4.47 Å². The Morgan fingerprint density at radius 3 is 2.44 bits per heavy atom. The Hall–Kier alpha value is -0.190. The van der Waals surface area contributed by atoms with Crippen molar-refractivity contribution in [3.8, 4) is 0 Å². The highest BCUT2D eigenvalue weighted by atomic mass is 79.9. The molecule has 0 saturated heterocycles. The highest BCUT2D eigenvalue weighted by Crippen LogP contribution is 2.27. The van der Waals surface area contributed by atoms with Crippen LogP contribution in [0.3, 0.4) is 0 Å². The van der Waals surface area contributed by atoms with Crippen LogP contribution >= 0.6 is 27.5 Å². The first-order chi connectivity index (χ1) is 7.45. The van der Waals surface area contributed by atoms with Crippen LogP contribution in [0.5, 0.6) is 0 Å². The number of halogens is 2. The highest BCUT2D eigenvalue weighted by molar-refractivity contribution is 9.10. The molecule has 0 aliphatic rings. The van der Waals surface area contributed by atoms with Gasteiger partial charge < -0.3 is 4.74 Å². The van der Waals surface area contributed by atoms with Gasteiger partial charge in [0.15, 0.2) is 5.82 Å². The minimum absolute atomic E-state index is 0.142. The molecule has 1 heterocycles. The molecule has 0 N–H and O–H groups in total. The van der Waals surface area contributed by atoms with Crippen molar-refractivity contribution in [1.29, 1.82) is 0 Å². The fourth-order valence-electron chi connectivity index (χ4n) is 1.29. The van der Waals surface area contributed by atoms with Gasteiger partial charge in [-0.25, -0.2) is 9.97 Å². The summed E-state index contributed by atoms with van der Waals surface area (Å²) < 4.78 is 5.98. The Morgan fingerprint density at radius 1 is 1.31 bits per heavy atom. The summed E-state index contributed by atoms with van der Waals surface area (Å²) in [4.78, 5) is 8.67. The third-order valence-corrected chi connectivity index (χ3v) is 3.55. The van der Waals surface area contributed by atoms with E-state index in [2.05, 4.69) is 39.7 Å². The molecule has 16 heavy (non-hydrogen) atoms. The van der Waals surface area contributed by atoms with Crippen molar-refractivity contribution in [3.63, 3.8) is 0 Å². The second-order valence-electron chi connectivity index (χ2n) is 4.11. The van der Waals surface area contributed by atoms with E-state index < -0.39 is 0 Å². The third-order valence-electron chi connectivity index (χ3n) is 2.22. The van der Waals surface area contributed by atoms with Crippen molar-refractivity contribution >= 4 is 27.5 Å². The minimum atomic E-state index is -0.142. The van der Waals surface area contributed by atoms with Gasteiger partial charge in [0, 0.05) is 7.11 Å². The van der Waals surface area contributed by atoms with Crippen molar-refractivity contribution in [3.05, 3.63) is 21.1 Å². The molecule has 0 aliphatic carbocycles. The number of rotatable bonds is 4. The first kappa shape index (κ1) is 13.9. The lowest BCUT2D eigenvalue weighted by Crippen LogP contribution is -2.08. The molecule has 0 amide bonds. The van der Waals surface area contributed by atoms with E-state index >= 15 is 0 Å². The van der Waals surface area contributed by atoms with Crippen LogP contribution in [0.25, 0.3) is 0 Å². The summed E-state index contributed by atoms with van der Waals surface area (Å²) >= 11 is 9.47. The summed E-state index contributed by atoms with van der Waals surface area (Å²) in [5, 5.41) is 0.449. The quantitative estimate of drug-likeness (QED) is 0.794. The normalized spacial score (nSPS) is 13.2. The van der Waals surface area contributed by atoms with Crippen molar-refractivity contribution in [2.24, 2.45) is 5.92 Å². The van der Waals surface area contributed by atoms with E-state index in [1.165, 1.54) is 0 Å². The second-order valence-corrected chi connectivity index (χ2v) is 5.26. The lowest BCUT2D eigenvalue weighted by molar-refractivity contribution is 0.111. The fourth-order valence-corrected chi connectivity index (χ4v) is 1.83. The van der Waals surface area contributed by atoms with Crippen molar-refractivity contribution in [2.75, 3.05) is 7.11 Å². The Balaban J connectivity index is 3.11. The number of aromatic nitrogens is 2. The molecule has 1 atom stereocenters. The SMILES string of the molecule is COC(C)c1nc(Cl)c(Br)c(CC(C)C)n1. The monoisotopic (exact) mass is 306 g/mol. The number of nitrogens with zero attached hydrogens (tertiary/aromatic N) is 2. The summed E-state index contributed by atoms with van der Waals surface area (Å²) in [5.74, 6) is 1.15. The summed E-state index contributed by atoms with van der Waals surface area (Å²) in [6.07, 6.45) is 0.725. The number of methoxy groups -OCH3 is 1.